The molecule has 0 saturated carbocycles. The van der Waals surface area contributed by atoms with Gasteiger partial charge in [-0.2, -0.15) is 0 Å². The maximum Gasteiger partial charge on any atom is 0.308 e. The number of nitrogens with one attached hydrogen (secondary N) is 2. The Morgan fingerprint density at radius 2 is 1.95 bits per heavy atom. The van der Waals surface area contributed by atoms with Crippen molar-refractivity contribution in [2.45, 2.75) is 13.3 Å². The highest BCUT2D eigenvalue weighted by atomic mass is 16.4. The van der Waals surface area contributed by atoms with Crippen molar-refractivity contribution >= 4 is 17.5 Å². The average molecular weight is 299 g/mol. The molecule has 1 heterocycles. The maximum absolute atomic E-state index is 10.7. The van der Waals surface area contributed by atoms with E-state index in [2.05, 4.69) is 27.8 Å². The van der Waals surface area contributed by atoms with Crippen molar-refractivity contribution in [1.82, 2.24) is 4.98 Å². The molecule has 116 valence electrons. The first kappa shape index (κ1) is 15.8. The molecular formula is C17H21N3O2. The van der Waals surface area contributed by atoms with E-state index in [1.54, 1.807) is 13.1 Å². The van der Waals surface area contributed by atoms with Crippen LogP contribution in [0, 0.1) is 5.92 Å². The smallest absolute Gasteiger partial charge is 0.308 e. The van der Waals surface area contributed by atoms with Gasteiger partial charge in [-0.25, -0.2) is 4.98 Å². The molecule has 0 amide bonds. The summed E-state index contributed by atoms with van der Waals surface area (Å²) in [5.74, 6) is -0.420. The van der Waals surface area contributed by atoms with E-state index >= 15 is 0 Å². The van der Waals surface area contributed by atoms with Crippen molar-refractivity contribution in [2.75, 3.05) is 23.7 Å². The Balaban J connectivity index is 1.76. The molecule has 5 nitrogen and oxygen atoms in total. The second kappa shape index (κ2) is 8.02. The Bertz CT molecular complexity index is 585. The molecule has 0 aliphatic carbocycles. The number of aliphatic carboxylic acids is 1. The van der Waals surface area contributed by atoms with E-state index in [9.17, 15) is 4.79 Å². The van der Waals surface area contributed by atoms with Gasteiger partial charge in [-0.3, -0.25) is 4.79 Å². The lowest BCUT2D eigenvalue weighted by Gasteiger charge is -2.10. The highest BCUT2D eigenvalue weighted by Crippen LogP contribution is 2.11. The van der Waals surface area contributed by atoms with Crippen LogP contribution < -0.4 is 10.6 Å². The molecule has 1 aromatic heterocycles. The second-order valence-corrected chi connectivity index (χ2v) is 5.21. The van der Waals surface area contributed by atoms with Crippen LogP contribution in [-0.4, -0.2) is 29.1 Å². The zero-order valence-corrected chi connectivity index (χ0v) is 12.6. The van der Waals surface area contributed by atoms with E-state index < -0.39 is 11.9 Å². The van der Waals surface area contributed by atoms with Gasteiger partial charge in [0.15, 0.2) is 0 Å². The third-order valence-electron chi connectivity index (χ3n) is 3.36. The molecule has 0 fully saturated rings. The summed E-state index contributed by atoms with van der Waals surface area (Å²) in [6, 6.07) is 14.1. The number of carbonyl (C=O) groups is 1. The molecule has 1 unspecified atom stereocenters. The number of nitrogens with zero attached hydrogens (tertiary/aromatic N) is 1. The van der Waals surface area contributed by atoms with E-state index in [-0.39, 0.29) is 0 Å². The summed E-state index contributed by atoms with van der Waals surface area (Å²) in [6.45, 7) is 2.87. The molecule has 3 N–H and O–H groups in total. The van der Waals surface area contributed by atoms with Crippen LogP contribution in [0.1, 0.15) is 12.5 Å². The molecule has 0 spiro atoms. The van der Waals surface area contributed by atoms with Gasteiger partial charge in [-0.05, 0) is 24.1 Å². The quantitative estimate of drug-likeness (QED) is 0.699. The first-order valence-electron chi connectivity index (χ1n) is 7.35. The molecule has 1 atom stereocenters. The van der Waals surface area contributed by atoms with E-state index in [1.165, 1.54) is 5.56 Å². The van der Waals surface area contributed by atoms with Gasteiger partial charge >= 0.3 is 5.97 Å². The van der Waals surface area contributed by atoms with Gasteiger partial charge < -0.3 is 15.7 Å². The van der Waals surface area contributed by atoms with Crippen LogP contribution in [-0.2, 0) is 11.2 Å². The number of anilines is 2. The van der Waals surface area contributed by atoms with Crippen LogP contribution in [0.25, 0.3) is 0 Å². The SMILES string of the molecule is CC(CNc1ccc(NCCc2ccccc2)nc1)C(=O)O. The summed E-state index contributed by atoms with van der Waals surface area (Å²) in [7, 11) is 0. The number of hydrogen-bond acceptors (Lipinski definition) is 4. The lowest BCUT2D eigenvalue weighted by molar-refractivity contribution is -0.140. The van der Waals surface area contributed by atoms with E-state index in [4.69, 9.17) is 5.11 Å². The third kappa shape index (κ3) is 5.09. The number of pyridine rings is 1. The van der Waals surface area contributed by atoms with Crippen LogP contribution in [0.3, 0.4) is 0 Å². The Morgan fingerprint density at radius 3 is 2.59 bits per heavy atom. The molecule has 5 heteroatoms. The number of benzene rings is 1. The first-order chi connectivity index (χ1) is 10.6. The number of hydrogen-bond donors (Lipinski definition) is 3. The minimum atomic E-state index is -0.806. The van der Waals surface area contributed by atoms with Gasteiger partial charge in [0.05, 0.1) is 17.8 Å². The van der Waals surface area contributed by atoms with Crippen LogP contribution in [0.15, 0.2) is 48.7 Å². The van der Waals surface area contributed by atoms with Crippen molar-refractivity contribution in [3.63, 3.8) is 0 Å². The molecule has 2 aromatic rings. The first-order valence-corrected chi connectivity index (χ1v) is 7.35. The predicted molar refractivity (Wildman–Crippen MR) is 88.2 cm³/mol. The third-order valence-corrected chi connectivity index (χ3v) is 3.36. The molecule has 1 aromatic carbocycles. The summed E-state index contributed by atoms with van der Waals surface area (Å²) >= 11 is 0. The van der Waals surface area contributed by atoms with E-state index in [0.717, 1.165) is 24.5 Å². The Labute approximate surface area is 130 Å². The normalized spacial score (nSPS) is 11.7. The van der Waals surface area contributed by atoms with Gasteiger partial charge in [-0.1, -0.05) is 37.3 Å². The summed E-state index contributed by atoms with van der Waals surface area (Å²) in [4.78, 5) is 15.1. The summed E-state index contributed by atoms with van der Waals surface area (Å²) in [5.41, 5.74) is 2.11. The fourth-order valence-corrected chi connectivity index (χ4v) is 1.94. The minimum absolute atomic E-state index is 0.387. The van der Waals surface area contributed by atoms with E-state index in [1.807, 2.05) is 30.3 Å². The van der Waals surface area contributed by atoms with Crippen molar-refractivity contribution in [3.8, 4) is 0 Å². The topological polar surface area (TPSA) is 74.2 Å². The Hall–Kier alpha value is -2.56. The molecular weight excluding hydrogens is 278 g/mol. The lowest BCUT2D eigenvalue weighted by Crippen LogP contribution is -2.19. The fraction of sp³-hybridized carbons (Fsp3) is 0.294. The van der Waals surface area contributed by atoms with Crippen LogP contribution >= 0.6 is 0 Å². The number of carboxylic acid groups (broad SMARTS) is 1. The van der Waals surface area contributed by atoms with Crippen molar-refractivity contribution in [3.05, 3.63) is 54.2 Å². The van der Waals surface area contributed by atoms with Gasteiger partial charge in [0.1, 0.15) is 5.82 Å². The minimum Gasteiger partial charge on any atom is -0.481 e. The zero-order chi connectivity index (χ0) is 15.8. The van der Waals surface area contributed by atoms with Gasteiger partial charge in [0.25, 0.3) is 0 Å². The molecule has 2 rings (SSSR count). The highest BCUT2D eigenvalue weighted by Gasteiger charge is 2.09. The molecule has 22 heavy (non-hydrogen) atoms. The summed E-state index contributed by atoms with van der Waals surface area (Å²) < 4.78 is 0. The van der Waals surface area contributed by atoms with Gasteiger partial charge in [-0.15, -0.1) is 0 Å². The van der Waals surface area contributed by atoms with Crippen molar-refractivity contribution in [1.29, 1.82) is 0 Å². The fourth-order valence-electron chi connectivity index (χ4n) is 1.94. The largest absolute Gasteiger partial charge is 0.481 e. The van der Waals surface area contributed by atoms with Gasteiger partial charge in [0.2, 0.25) is 0 Å². The maximum atomic E-state index is 10.7. The molecule has 0 radical (unpaired) electrons. The number of rotatable bonds is 8. The molecule has 0 aliphatic heterocycles. The Morgan fingerprint density at radius 1 is 1.18 bits per heavy atom. The van der Waals surface area contributed by atoms with Crippen molar-refractivity contribution < 1.29 is 9.90 Å². The highest BCUT2D eigenvalue weighted by molar-refractivity contribution is 5.70. The van der Waals surface area contributed by atoms with Crippen molar-refractivity contribution in [2.24, 2.45) is 5.92 Å². The van der Waals surface area contributed by atoms with Crippen LogP contribution in [0.5, 0.6) is 0 Å². The second-order valence-electron chi connectivity index (χ2n) is 5.21. The monoisotopic (exact) mass is 299 g/mol. The van der Waals surface area contributed by atoms with E-state index in [0.29, 0.717) is 6.54 Å². The summed E-state index contributed by atoms with van der Waals surface area (Å²) in [5, 5.41) is 15.2. The lowest BCUT2D eigenvalue weighted by atomic mass is 10.1. The van der Waals surface area contributed by atoms with Crippen LogP contribution in [0.2, 0.25) is 0 Å². The predicted octanol–water partition coefficient (Wildman–Crippen LogP) is 2.87. The Kier molecular flexibility index (Phi) is 5.77. The zero-order valence-electron chi connectivity index (χ0n) is 12.6. The van der Waals surface area contributed by atoms with Gasteiger partial charge in [0, 0.05) is 13.1 Å². The molecule has 0 bridgehead atoms. The van der Waals surface area contributed by atoms with Crippen LogP contribution in [0.4, 0.5) is 11.5 Å². The molecule has 0 saturated heterocycles. The number of carboxylic acids is 1. The summed E-state index contributed by atoms with van der Waals surface area (Å²) in [6.07, 6.45) is 2.65. The average Bonchev–Trinajstić information content (AvgIpc) is 2.54. The number of aromatic nitrogens is 1. The standard InChI is InChI=1S/C17H21N3O2/c1-13(17(21)22)11-19-15-7-8-16(20-12-15)18-10-9-14-5-3-2-4-6-14/h2-8,12-13,19H,9-11H2,1H3,(H,18,20)(H,21,22). The molecule has 0 aliphatic rings.